The van der Waals surface area contributed by atoms with Crippen LogP contribution in [0.3, 0.4) is 0 Å². The number of amides is 2. The first-order valence-electron chi connectivity index (χ1n) is 8.41. The first kappa shape index (κ1) is 16.2. The Morgan fingerprint density at radius 1 is 1.23 bits per heavy atom. The minimum atomic E-state index is -0.279. The number of hydrogen-bond acceptors (Lipinski definition) is 6. The molecule has 8 nitrogen and oxygen atoms in total. The van der Waals surface area contributed by atoms with Crippen LogP contribution < -0.4 is 5.32 Å². The quantitative estimate of drug-likeness (QED) is 0.767. The Morgan fingerprint density at radius 3 is 3.00 bits per heavy atom. The largest absolute Gasteiger partial charge is 0.451 e. The lowest BCUT2D eigenvalue weighted by Crippen LogP contribution is -2.43. The van der Waals surface area contributed by atoms with E-state index in [2.05, 4.69) is 20.3 Å². The Bertz CT molecular complexity index is 941. The van der Waals surface area contributed by atoms with Gasteiger partial charge in [-0.25, -0.2) is 15.0 Å². The number of carbonyl (C=O) groups is 2. The number of rotatable bonds is 4. The summed E-state index contributed by atoms with van der Waals surface area (Å²) in [5.74, 6) is -0.457. The lowest BCUT2D eigenvalue weighted by molar-refractivity contribution is 0.0719. The van der Waals surface area contributed by atoms with Gasteiger partial charge in [0.15, 0.2) is 17.7 Å². The van der Waals surface area contributed by atoms with Gasteiger partial charge in [-0.3, -0.25) is 9.59 Å². The number of aromatic nitrogens is 3. The van der Waals surface area contributed by atoms with Gasteiger partial charge < -0.3 is 14.6 Å². The molecular formula is C18H17N5O3. The standard InChI is InChI=1S/C18H17N5O3/c24-17(14-6-5-12-3-1-7-19-16(12)22-14)20-9-13-4-2-8-23(13)18(25)15-10-26-11-21-15/h1,3,5-7,10-11,13H,2,4,8-9H2,(H,20,24). The van der Waals surface area contributed by atoms with Gasteiger partial charge in [0.1, 0.15) is 12.0 Å². The van der Waals surface area contributed by atoms with E-state index in [0.717, 1.165) is 18.2 Å². The summed E-state index contributed by atoms with van der Waals surface area (Å²) in [5, 5.41) is 3.75. The van der Waals surface area contributed by atoms with Gasteiger partial charge in [-0.15, -0.1) is 0 Å². The zero-order chi connectivity index (χ0) is 17.9. The summed E-state index contributed by atoms with van der Waals surface area (Å²) >= 11 is 0. The van der Waals surface area contributed by atoms with Crippen LogP contribution in [0.2, 0.25) is 0 Å². The summed E-state index contributed by atoms with van der Waals surface area (Å²) in [6.07, 6.45) is 5.93. The summed E-state index contributed by atoms with van der Waals surface area (Å²) in [7, 11) is 0. The molecule has 3 aromatic rings. The molecule has 0 saturated carbocycles. The molecule has 1 atom stereocenters. The number of nitrogens with one attached hydrogen (secondary N) is 1. The highest BCUT2D eigenvalue weighted by atomic mass is 16.3. The van der Waals surface area contributed by atoms with E-state index in [-0.39, 0.29) is 23.6 Å². The monoisotopic (exact) mass is 351 g/mol. The summed E-state index contributed by atoms with van der Waals surface area (Å²) in [6.45, 7) is 1.01. The number of fused-ring (bicyclic) bond motifs is 1. The molecule has 1 aliphatic rings. The van der Waals surface area contributed by atoms with E-state index in [1.54, 1.807) is 17.2 Å². The highest BCUT2D eigenvalue weighted by Gasteiger charge is 2.30. The van der Waals surface area contributed by atoms with Crippen molar-refractivity contribution in [2.24, 2.45) is 0 Å². The molecule has 1 aliphatic heterocycles. The molecule has 0 spiro atoms. The number of pyridine rings is 2. The first-order valence-corrected chi connectivity index (χ1v) is 8.41. The van der Waals surface area contributed by atoms with Crippen molar-refractivity contribution in [3.8, 4) is 0 Å². The minimum Gasteiger partial charge on any atom is -0.451 e. The Morgan fingerprint density at radius 2 is 2.15 bits per heavy atom. The second kappa shape index (κ2) is 6.91. The fourth-order valence-corrected chi connectivity index (χ4v) is 3.16. The van der Waals surface area contributed by atoms with Crippen molar-refractivity contribution in [3.05, 3.63) is 54.5 Å². The number of nitrogens with zero attached hydrogens (tertiary/aromatic N) is 4. The topological polar surface area (TPSA) is 101 Å². The first-order chi connectivity index (χ1) is 12.7. The van der Waals surface area contributed by atoms with Gasteiger partial charge in [0, 0.05) is 30.7 Å². The van der Waals surface area contributed by atoms with Gasteiger partial charge in [0.05, 0.1) is 0 Å². The Hall–Kier alpha value is -3.29. The molecule has 1 fully saturated rings. The molecule has 2 amide bonds. The summed E-state index contributed by atoms with van der Waals surface area (Å²) in [5.41, 5.74) is 1.12. The van der Waals surface area contributed by atoms with Gasteiger partial charge in [-0.2, -0.15) is 0 Å². The zero-order valence-electron chi connectivity index (χ0n) is 14.0. The molecule has 0 aromatic carbocycles. The molecule has 4 heterocycles. The third kappa shape index (κ3) is 3.13. The second-order valence-electron chi connectivity index (χ2n) is 6.12. The van der Waals surface area contributed by atoms with Crippen LogP contribution in [0.25, 0.3) is 11.0 Å². The van der Waals surface area contributed by atoms with Crippen LogP contribution in [0.15, 0.2) is 47.5 Å². The van der Waals surface area contributed by atoms with E-state index in [4.69, 9.17) is 4.42 Å². The van der Waals surface area contributed by atoms with E-state index in [0.29, 0.717) is 24.4 Å². The molecule has 132 valence electrons. The molecule has 4 rings (SSSR count). The van der Waals surface area contributed by atoms with Crippen LogP contribution >= 0.6 is 0 Å². The summed E-state index contributed by atoms with van der Waals surface area (Å²) in [4.78, 5) is 39.0. The second-order valence-corrected chi connectivity index (χ2v) is 6.12. The van der Waals surface area contributed by atoms with Crippen molar-refractivity contribution in [2.45, 2.75) is 18.9 Å². The third-order valence-electron chi connectivity index (χ3n) is 4.48. The maximum absolute atomic E-state index is 12.4. The van der Waals surface area contributed by atoms with Crippen molar-refractivity contribution in [1.29, 1.82) is 0 Å². The fraction of sp³-hybridized carbons (Fsp3) is 0.278. The minimum absolute atomic E-state index is 0.0678. The Balaban J connectivity index is 1.42. The van der Waals surface area contributed by atoms with Crippen LogP contribution in [0.1, 0.15) is 33.8 Å². The number of hydrogen-bond donors (Lipinski definition) is 1. The molecule has 1 N–H and O–H groups in total. The molecule has 1 saturated heterocycles. The van der Waals surface area contributed by atoms with Gasteiger partial charge >= 0.3 is 0 Å². The molecule has 0 radical (unpaired) electrons. The Labute approximate surface area is 149 Å². The van der Waals surface area contributed by atoms with Crippen molar-refractivity contribution >= 4 is 22.8 Å². The van der Waals surface area contributed by atoms with E-state index < -0.39 is 0 Å². The lowest BCUT2D eigenvalue weighted by atomic mass is 10.2. The van der Waals surface area contributed by atoms with Gasteiger partial charge in [-0.1, -0.05) is 0 Å². The van der Waals surface area contributed by atoms with E-state index in [1.807, 2.05) is 18.2 Å². The number of carbonyl (C=O) groups excluding carboxylic acids is 2. The van der Waals surface area contributed by atoms with Crippen LogP contribution in [0.4, 0.5) is 0 Å². The van der Waals surface area contributed by atoms with Crippen molar-refractivity contribution < 1.29 is 14.0 Å². The van der Waals surface area contributed by atoms with Gasteiger partial charge in [-0.05, 0) is 37.1 Å². The molecule has 0 aliphatic carbocycles. The molecule has 0 bridgehead atoms. The normalized spacial score (nSPS) is 16.8. The third-order valence-corrected chi connectivity index (χ3v) is 4.48. The number of likely N-dealkylation sites (tertiary alicyclic amines) is 1. The van der Waals surface area contributed by atoms with Crippen LogP contribution in [0.5, 0.6) is 0 Å². The lowest BCUT2D eigenvalue weighted by Gasteiger charge is -2.24. The average molecular weight is 351 g/mol. The van der Waals surface area contributed by atoms with E-state index in [9.17, 15) is 9.59 Å². The molecular weight excluding hydrogens is 334 g/mol. The average Bonchev–Trinajstić information content (AvgIpc) is 3.37. The highest BCUT2D eigenvalue weighted by molar-refractivity contribution is 5.94. The predicted octanol–water partition coefficient (Wildman–Crippen LogP) is 1.65. The SMILES string of the molecule is O=C(NCC1CCCN1C(=O)c1cocn1)c1ccc2cccnc2n1. The highest BCUT2D eigenvalue weighted by Crippen LogP contribution is 2.19. The van der Waals surface area contributed by atoms with E-state index >= 15 is 0 Å². The van der Waals surface area contributed by atoms with Crippen molar-refractivity contribution in [1.82, 2.24) is 25.2 Å². The molecule has 3 aromatic heterocycles. The zero-order valence-corrected chi connectivity index (χ0v) is 14.0. The molecule has 26 heavy (non-hydrogen) atoms. The molecule has 8 heteroatoms. The van der Waals surface area contributed by atoms with Gasteiger partial charge in [0.25, 0.3) is 11.8 Å². The van der Waals surface area contributed by atoms with Crippen LogP contribution in [-0.2, 0) is 0 Å². The predicted molar refractivity (Wildman–Crippen MR) is 92.4 cm³/mol. The van der Waals surface area contributed by atoms with Gasteiger partial charge in [0.2, 0.25) is 0 Å². The van der Waals surface area contributed by atoms with Crippen molar-refractivity contribution in [3.63, 3.8) is 0 Å². The fourth-order valence-electron chi connectivity index (χ4n) is 3.16. The Kier molecular flexibility index (Phi) is 4.30. The maximum Gasteiger partial charge on any atom is 0.276 e. The summed E-state index contributed by atoms with van der Waals surface area (Å²) < 4.78 is 4.88. The van der Waals surface area contributed by atoms with Crippen LogP contribution in [0, 0.1) is 0 Å². The summed E-state index contributed by atoms with van der Waals surface area (Å²) in [6, 6.07) is 7.14. The molecule has 1 unspecified atom stereocenters. The smallest absolute Gasteiger partial charge is 0.276 e. The number of oxazole rings is 1. The van der Waals surface area contributed by atoms with Crippen molar-refractivity contribution in [2.75, 3.05) is 13.1 Å². The van der Waals surface area contributed by atoms with Crippen LogP contribution in [-0.4, -0.2) is 50.8 Å². The van der Waals surface area contributed by atoms with E-state index in [1.165, 1.54) is 12.7 Å². The maximum atomic E-state index is 12.4.